The van der Waals surface area contributed by atoms with Crippen LogP contribution in [-0.2, 0) is 13.0 Å². The van der Waals surface area contributed by atoms with Crippen molar-refractivity contribution in [3.8, 4) is 0 Å². The number of nitrogens with zero attached hydrogens (tertiary/aromatic N) is 1. The van der Waals surface area contributed by atoms with Crippen LogP contribution in [0.4, 0.5) is 0 Å². The van der Waals surface area contributed by atoms with Crippen LogP contribution >= 0.6 is 0 Å². The van der Waals surface area contributed by atoms with Gasteiger partial charge in [-0.25, -0.2) is 0 Å². The van der Waals surface area contributed by atoms with E-state index >= 15 is 0 Å². The molecule has 0 aliphatic carbocycles. The van der Waals surface area contributed by atoms with Gasteiger partial charge in [-0.2, -0.15) is 0 Å². The summed E-state index contributed by atoms with van der Waals surface area (Å²) in [5.74, 6) is 0. The Morgan fingerprint density at radius 1 is 0.842 bits per heavy atom. The molecule has 0 aliphatic rings. The second-order valence-corrected chi connectivity index (χ2v) is 4.72. The van der Waals surface area contributed by atoms with Crippen molar-refractivity contribution in [2.75, 3.05) is 0 Å². The fraction of sp³-hybridized carbons (Fsp3) is 0.118. The zero-order valence-corrected chi connectivity index (χ0v) is 10.7. The van der Waals surface area contributed by atoms with Gasteiger partial charge < -0.3 is 5.73 Å². The van der Waals surface area contributed by atoms with E-state index in [0.717, 1.165) is 12.1 Å². The summed E-state index contributed by atoms with van der Waals surface area (Å²) in [6, 6.07) is 19.1. The van der Waals surface area contributed by atoms with Gasteiger partial charge in [0.2, 0.25) is 0 Å². The summed E-state index contributed by atoms with van der Waals surface area (Å²) in [6.07, 6.45) is 2.86. The molecule has 0 saturated carbocycles. The summed E-state index contributed by atoms with van der Waals surface area (Å²) in [7, 11) is 0. The van der Waals surface area contributed by atoms with Gasteiger partial charge in [-0.3, -0.25) is 4.98 Å². The number of benzene rings is 2. The average molecular weight is 248 g/mol. The maximum absolute atomic E-state index is 5.61. The van der Waals surface area contributed by atoms with Crippen molar-refractivity contribution in [1.82, 2.24) is 4.98 Å². The van der Waals surface area contributed by atoms with Gasteiger partial charge in [0.25, 0.3) is 0 Å². The van der Waals surface area contributed by atoms with Crippen molar-refractivity contribution >= 4 is 10.8 Å². The molecule has 0 unspecified atom stereocenters. The van der Waals surface area contributed by atoms with Crippen LogP contribution in [0, 0.1) is 0 Å². The van der Waals surface area contributed by atoms with Gasteiger partial charge in [0.05, 0.1) is 5.69 Å². The molecule has 1 aromatic heterocycles. The van der Waals surface area contributed by atoms with Crippen molar-refractivity contribution < 1.29 is 0 Å². The minimum Gasteiger partial charge on any atom is -0.325 e. The quantitative estimate of drug-likeness (QED) is 0.772. The Morgan fingerprint density at radius 3 is 2.47 bits per heavy atom. The van der Waals surface area contributed by atoms with E-state index in [1.807, 2.05) is 12.3 Å². The number of aromatic nitrogens is 1. The number of hydrogen-bond acceptors (Lipinski definition) is 2. The molecule has 2 N–H and O–H groups in total. The molecule has 0 saturated heterocycles. The Bertz CT molecular complexity index is 690. The van der Waals surface area contributed by atoms with E-state index < -0.39 is 0 Å². The lowest BCUT2D eigenvalue weighted by molar-refractivity contribution is 0.998. The van der Waals surface area contributed by atoms with Crippen molar-refractivity contribution in [2.24, 2.45) is 5.73 Å². The van der Waals surface area contributed by atoms with Crippen LogP contribution in [-0.4, -0.2) is 4.98 Å². The predicted octanol–water partition coefficient (Wildman–Crippen LogP) is 3.28. The first-order chi connectivity index (χ1) is 9.35. The van der Waals surface area contributed by atoms with Gasteiger partial charge in [0.15, 0.2) is 0 Å². The molecule has 94 valence electrons. The standard InChI is InChI=1S/C17H16N2/c18-11-17-10-15-7-6-14(9-16(15)12-19-17)8-13-4-2-1-3-5-13/h1-7,9-10,12H,8,11,18H2. The minimum atomic E-state index is 0.488. The van der Waals surface area contributed by atoms with Gasteiger partial charge in [-0.1, -0.05) is 42.5 Å². The molecule has 0 atom stereocenters. The summed E-state index contributed by atoms with van der Waals surface area (Å²) in [4.78, 5) is 4.35. The molecular weight excluding hydrogens is 232 g/mol. The Labute approximate surface area is 112 Å². The number of fused-ring (bicyclic) bond motifs is 1. The zero-order chi connectivity index (χ0) is 13.1. The highest BCUT2D eigenvalue weighted by atomic mass is 14.7. The van der Waals surface area contributed by atoms with E-state index in [-0.39, 0.29) is 0 Å². The first-order valence-electron chi connectivity index (χ1n) is 6.47. The van der Waals surface area contributed by atoms with E-state index in [0.29, 0.717) is 6.54 Å². The first kappa shape index (κ1) is 11.9. The smallest absolute Gasteiger partial charge is 0.0545 e. The molecule has 0 radical (unpaired) electrons. The van der Waals surface area contributed by atoms with E-state index in [4.69, 9.17) is 5.73 Å². The Hall–Kier alpha value is -2.19. The topological polar surface area (TPSA) is 38.9 Å². The summed E-state index contributed by atoms with van der Waals surface area (Å²) in [6.45, 7) is 0.488. The highest BCUT2D eigenvalue weighted by Crippen LogP contribution is 2.18. The fourth-order valence-electron chi connectivity index (χ4n) is 2.29. The van der Waals surface area contributed by atoms with Crippen LogP contribution in [0.5, 0.6) is 0 Å². The molecule has 2 heteroatoms. The summed E-state index contributed by atoms with van der Waals surface area (Å²) in [5, 5.41) is 2.37. The molecule has 1 heterocycles. The summed E-state index contributed by atoms with van der Waals surface area (Å²) in [5.41, 5.74) is 9.18. The van der Waals surface area contributed by atoms with Gasteiger partial charge in [-0.05, 0) is 35.1 Å². The Morgan fingerprint density at radius 2 is 1.68 bits per heavy atom. The predicted molar refractivity (Wildman–Crippen MR) is 78.9 cm³/mol. The molecule has 3 aromatic rings. The SMILES string of the molecule is NCc1cc2ccc(Cc3ccccc3)cc2cn1. The number of hydrogen-bond donors (Lipinski definition) is 1. The molecular formula is C17H16N2. The highest BCUT2D eigenvalue weighted by molar-refractivity contribution is 5.82. The normalized spacial score (nSPS) is 10.8. The van der Waals surface area contributed by atoms with Crippen molar-refractivity contribution in [2.45, 2.75) is 13.0 Å². The third kappa shape index (κ3) is 2.64. The van der Waals surface area contributed by atoms with Crippen LogP contribution < -0.4 is 5.73 Å². The lowest BCUT2D eigenvalue weighted by Crippen LogP contribution is -1.98. The summed E-state index contributed by atoms with van der Waals surface area (Å²) < 4.78 is 0. The van der Waals surface area contributed by atoms with Gasteiger partial charge in [-0.15, -0.1) is 0 Å². The number of pyridine rings is 1. The molecule has 3 rings (SSSR count). The molecule has 0 amide bonds. The maximum Gasteiger partial charge on any atom is 0.0545 e. The monoisotopic (exact) mass is 248 g/mol. The first-order valence-corrected chi connectivity index (χ1v) is 6.47. The lowest BCUT2D eigenvalue weighted by atomic mass is 10.0. The van der Waals surface area contributed by atoms with E-state index in [9.17, 15) is 0 Å². The van der Waals surface area contributed by atoms with Crippen molar-refractivity contribution in [3.63, 3.8) is 0 Å². The molecule has 2 nitrogen and oxygen atoms in total. The molecule has 19 heavy (non-hydrogen) atoms. The zero-order valence-electron chi connectivity index (χ0n) is 10.7. The molecule has 0 spiro atoms. The van der Waals surface area contributed by atoms with Crippen molar-refractivity contribution in [1.29, 1.82) is 0 Å². The van der Waals surface area contributed by atoms with Crippen molar-refractivity contribution in [3.05, 3.63) is 77.6 Å². The van der Waals surface area contributed by atoms with E-state index in [2.05, 4.69) is 53.5 Å². The summed E-state index contributed by atoms with van der Waals surface area (Å²) >= 11 is 0. The van der Waals surface area contributed by atoms with Crippen LogP contribution in [0.1, 0.15) is 16.8 Å². The lowest BCUT2D eigenvalue weighted by Gasteiger charge is -2.05. The second kappa shape index (κ2) is 5.21. The largest absolute Gasteiger partial charge is 0.325 e. The van der Waals surface area contributed by atoms with Gasteiger partial charge in [0.1, 0.15) is 0 Å². The Kier molecular flexibility index (Phi) is 3.25. The van der Waals surface area contributed by atoms with E-state index in [1.54, 1.807) is 0 Å². The highest BCUT2D eigenvalue weighted by Gasteiger charge is 2.00. The average Bonchev–Trinajstić information content (AvgIpc) is 2.48. The molecule has 0 aliphatic heterocycles. The third-order valence-corrected chi connectivity index (χ3v) is 3.30. The Balaban J connectivity index is 1.94. The third-order valence-electron chi connectivity index (χ3n) is 3.30. The molecule has 0 fully saturated rings. The molecule has 2 aromatic carbocycles. The molecule has 0 bridgehead atoms. The van der Waals surface area contributed by atoms with Gasteiger partial charge >= 0.3 is 0 Å². The van der Waals surface area contributed by atoms with Crippen LogP contribution in [0.2, 0.25) is 0 Å². The fourth-order valence-corrected chi connectivity index (χ4v) is 2.29. The van der Waals surface area contributed by atoms with E-state index in [1.165, 1.54) is 21.9 Å². The maximum atomic E-state index is 5.61. The number of rotatable bonds is 3. The minimum absolute atomic E-state index is 0.488. The van der Waals surface area contributed by atoms with Crippen LogP contribution in [0.25, 0.3) is 10.8 Å². The van der Waals surface area contributed by atoms with Crippen LogP contribution in [0.15, 0.2) is 60.8 Å². The second-order valence-electron chi connectivity index (χ2n) is 4.72. The number of nitrogens with two attached hydrogens (primary N) is 1. The van der Waals surface area contributed by atoms with Crippen LogP contribution in [0.3, 0.4) is 0 Å². The van der Waals surface area contributed by atoms with Gasteiger partial charge in [0, 0.05) is 18.1 Å².